The zero-order valence-corrected chi connectivity index (χ0v) is 4.20. The summed E-state index contributed by atoms with van der Waals surface area (Å²) < 4.78 is 0. The normalized spacial score (nSPS) is 5.17. The summed E-state index contributed by atoms with van der Waals surface area (Å²) in [5.41, 5.74) is 4.47. The molecule has 0 fully saturated rings. The number of nitrogens with two attached hydrogens (primary N) is 2. The molecule has 0 saturated carbocycles. The van der Waals surface area contributed by atoms with Crippen LogP contribution in [0.1, 0.15) is 6.92 Å². The SMILES string of the molecule is CC(N)=O.NCl. The molecule has 0 aliphatic heterocycles. The molecule has 0 saturated heterocycles. The third kappa shape index (κ3) is 351. The number of amides is 1. The molecule has 0 aliphatic rings. The van der Waals surface area contributed by atoms with Crippen molar-refractivity contribution >= 4 is 17.7 Å². The van der Waals surface area contributed by atoms with Crippen molar-refractivity contribution in [3.63, 3.8) is 0 Å². The van der Waals surface area contributed by atoms with Gasteiger partial charge in [0, 0.05) is 6.92 Å². The minimum atomic E-state index is -0.333. The summed E-state index contributed by atoms with van der Waals surface area (Å²) in [5, 5.41) is 3.97. The largest absolute Gasteiger partial charge is 0.370 e. The molecule has 0 aromatic rings. The number of halogens is 1. The molecule has 6 heavy (non-hydrogen) atoms. The summed E-state index contributed by atoms with van der Waals surface area (Å²) in [7, 11) is 0. The van der Waals surface area contributed by atoms with E-state index in [1.165, 1.54) is 6.92 Å². The van der Waals surface area contributed by atoms with Gasteiger partial charge in [-0.25, -0.2) is 5.25 Å². The molecule has 0 aromatic heterocycles. The summed E-state index contributed by atoms with van der Waals surface area (Å²) in [6.45, 7) is 1.31. The number of hydrogen-bond donors (Lipinski definition) is 2. The molecule has 4 heteroatoms. The van der Waals surface area contributed by atoms with Crippen LogP contribution in [0.5, 0.6) is 0 Å². The highest BCUT2D eigenvalue weighted by Gasteiger charge is 1.61. The summed E-state index contributed by atoms with van der Waals surface area (Å²) in [4.78, 5) is 9.22. The van der Waals surface area contributed by atoms with Gasteiger partial charge in [-0.05, 0) is 11.8 Å². The standard InChI is InChI=1S/C2H5NO.ClH2N/c1-2(3)4;1-2/h1H3,(H2,3,4);2H2. The number of primary amides is 1. The average Bonchev–Trinajstić information content (AvgIpc) is 1.41. The first-order valence-corrected chi connectivity index (χ1v) is 1.65. The van der Waals surface area contributed by atoms with Gasteiger partial charge in [0.2, 0.25) is 5.91 Å². The molecule has 0 heterocycles. The van der Waals surface area contributed by atoms with Crippen molar-refractivity contribution in [1.82, 2.24) is 0 Å². The van der Waals surface area contributed by atoms with Gasteiger partial charge in [-0.15, -0.1) is 0 Å². The fourth-order valence-corrected chi connectivity index (χ4v) is 0. The van der Waals surface area contributed by atoms with Crippen LogP contribution in [0, 0.1) is 0 Å². The van der Waals surface area contributed by atoms with Gasteiger partial charge >= 0.3 is 0 Å². The third-order valence-corrected chi connectivity index (χ3v) is 0. The summed E-state index contributed by atoms with van der Waals surface area (Å²) in [6.07, 6.45) is 0. The highest BCUT2D eigenvalue weighted by Crippen LogP contribution is 1.33. The van der Waals surface area contributed by atoms with Crippen molar-refractivity contribution in [2.45, 2.75) is 6.92 Å². The number of carbonyl (C=O) groups excluding carboxylic acids is 1. The van der Waals surface area contributed by atoms with E-state index in [4.69, 9.17) is 0 Å². The summed E-state index contributed by atoms with van der Waals surface area (Å²) in [5.74, 6) is -0.333. The van der Waals surface area contributed by atoms with Crippen molar-refractivity contribution in [3.05, 3.63) is 0 Å². The first kappa shape index (κ1) is 9.21. The van der Waals surface area contributed by atoms with E-state index in [1.54, 1.807) is 0 Å². The lowest BCUT2D eigenvalue weighted by Crippen LogP contribution is -2.01. The van der Waals surface area contributed by atoms with Crippen LogP contribution < -0.4 is 11.0 Å². The molecule has 0 spiro atoms. The molecule has 0 unspecified atom stereocenters. The summed E-state index contributed by atoms with van der Waals surface area (Å²) in [6, 6.07) is 0. The Morgan fingerprint density at radius 2 is 1.67 bits per heavy atom. The molecular formula is C2H7ClN2O. The lowest BCUT2D eigenvalue weighted by molar-refractivity contribution is -0.115. The van der Waals surface area contributed by atoms with E-state index in [-0.39, 0.29) is 5.91 Å². The maximum atomic E-state index is 9.22. The quantitative estimate of drug-likeness (QED) is 0.416. The molecule has 0 rings (SSSR count). The lowest BCUT2D eigenvalue weighted by Gasteiger charge is -1.60. The monoisotopic (exact) mass is 110 g/mol. The Balaban J connectivity index is 0. The topological polar surface area (TPSA) is 69.1 Å². The molecule has 1 amide bonds. The smallest absolute Gasteiger partial charge is 0.214 e. The van der Waals surface area contributed by atoms with Gasteiger partial charge in [0.05, 0.1) is 0 Å². The zero-order valence-electron chi connectivity index (χ0n) is 3.44. The third-order valence-electron chi connectivity index (χ3n) is 0. The van der Waals surface area contributed by atoms with Crippen LogP contribution in [0.15, 0.2) is 0 Å². The van der Waals surface area contributed by atoms with Crippen molar-refractivity contribution in [2.75, 3.05) is 0 Å². The Hall–Kier alpha value is -0.280. The van der Waals surface area contributed by atoms with Gasteiger partial charge in [0.1, 0.15) is 0 Å². The first-order chi connectivity index (χ1) is 2.73. The Labute approximate surface area is 41.4 Å². The van der Waals surface area contributed by atoms with E-state index in [0.29, 0.717) is 0 Å². The predicted molar refractivity (Wildman–Crippen MR) is 24.9 cm³/mol. The molecule has 0 atom stereocenters. The minimum Gasteiger partial charge on any atom is -0.370 e. The van der Waals surface area contributed by atoms with E-state index in [1.807, 2.05) is 0 Å². The van der Waals surface area contributed by atoms with Crippen LogP contribution in [0.4, 0.5) is 0 Å². The Morgan fingerprint density at radius 1 is 1.67 bits per heavy atom. The van der Waals surface area contributed by atoms with Gasteiger partial charge in [-0.2, -0.15) is 0 Å². The highest BCUT2D eigenvalue weighted by molar-refractivity contribution is 6.11. The van der Waals surface area contributed by atoms with Crippen LogP contribution in [0.3, 0.4) is 0 Å². The number of carbonyl (C=O) groups is 1. The second-order valence-electron chi connectivity index (χ2n) is 0.611. The Kier molecular flexibility index (Phi) is 13.5. The van der Waals surface area contributed by atoms with Gasteiger partial charge in [0.15, 0.2) is 0 Å². The van der Waals surface area contributed by atoms with Crippen LogP contribution in [-0.2, 0) is 4.79 Å². The molecule has 4 N–H and O–H groups in total. The van der Waals surface area contributed by atoms with Gasteiger partial charge in [0.25, 0.3) is 0 Å². The second kappa shape index (κ2) is 8.83. The van der Waals surface area contributed by atoms with E-state index in [2.05, 4.69) is 22.8 Å². The molecule has 0 aromatic carbocycles. The lowest BCUT2D eigenvalue weighted by atomic mass is 10.8. The fraction of sp³-hybridized carbons (Fsp3) is 0.500. The van der Waals surface area contributed by atoms with Crippen LogP contribution in [-0.4, -0.2) is 5.91 Å². The fourth-order valence-electron chi connectivity index (χ4n) is 0. The average molecular weight is 111 g/mol. The molecule has 0 aliphatic carbocycles. The molecule has 0 radical (unpaired) electrons. The molecule has 38 valence electrons. The van der Waals surface area contributed by atoms with Crippen molar-refractivity contribution < 1.29 is 4.79 Å². The van der Waals surface area contributed by atoms with Crippen molar-refractivity contribution in [3.8, 4) is 0 Å². The summed E-state index contributed by atoms with van der Waals surface area (Å²) >= 11 is 4.14. The number of rotatable bonds is 0. The second-order valence-corrected chi connectivity index (χ2v) is 0.611. The Morgan fingerprint density at radius 3 is 1.67 bits per heavy atom. The van der Waals surface area contributed by atoms with E-state index in [0.717, 1.165) is 0 Å². The van der Waals surface area contributed by atoms with Crippen LogP contribution in [0.25, 0.3) is 0 Å². The van der Waals surface area contributed by atoms with E-state index >= 15 is 0 Å². The molecular weight excluding hydrogens is 103 g/mol. The van der Waals surface area contributed by atoms with E-state index in [9.17, 15) is 4.79 Å². The van der Waals surface area contributed by atoms with Crippen molar-refractivity contribution in [2.24, 2.45) is 11.0 Å². The molecule has 0 bridgehead atoms. The number of hydrogen-bond acceptors (Lipinski definition) is 2. The van der Waals surface area contributed by atoms with Crippen LogP contribution in [0.2, 0.25) is 0 Å². The molecule has 3 nitrogen and oxygen atoms in total. The first-order valence-electron chi connectivity index (χ1n) is 1.21. The van der Waals surface area contributed by atoms with Gasteiger partial charge in [-0.1, -0.05) is 0 Å². The predicted octanol–water partition coefficient (Wildman–Crippen LogP) is -0.409. The Bertz CT molecular complexity index is 34.5. The zero-order chi connectivity index (χ0) is 5.58. The minimum absolute atomic E-state index is 0.333. The highest BCUT2D eigenvalue weighted by atomic mass is 35.5. The van der Waals surface area contributed by atoms with E-state index < -0.39 is 0 Å². The maximum absolute atomic E-state index is 9.22. The maximum Gasteiger partial charge on any atom is 0.214 e. The van der Waals surface area contributed by atoms with Gasteiger partial charge in [-0.3, -0.25) is 4.79 Å². The van der Waals surface area contributed by atoms with Crippen molar-refractivity contribution in [1.29, 1.82) is 0 Å². The van der Waals surface area contributed by atoms with Gasteiger partial charge < -0.3 is 5.73 Å². The van der Waals surface area contributed by atoms with Crippen LogP contribution >= 0.6 is 11.8 Å².